The van der Waals surface area contributed by atoms with Crippen LogP contribution in [0.2, 0.25) is 0 Å². The van der Waals surface area contributed by atoms with Crippen LogP contribution < -0.4 is 5.56 Å². The van der Waals surface area contributed by atoms with Crippen molar-refractivity contribution in [1.82, 2.24) is 20.0 Å². The quantitative estimate of drug-likeness (QED) is 0.553. The highest BCUT2D eigenvalue weighted by Gasteiger charge is 2.50. The van der Waals surface area contributed by atoms with Gasteiger partial charge in [-0.3, -0.25) is 14.4 Å². The van der Waals surface area contributed by atoms with E-state index in [1.807, 2.05) is 0 Å². The predicted octanol–water partition coefficient (Wildman–Crippen LogP) is 2.83. The summed E-state index contributed by atoms with van der Waals surface area (Å²) in [6, 6.07) is 3.63. The van der Waals surface area contributed by atoms with Crippen LogP contribution in [0.4, 0.5) is 26.3 Å². The first-order chi connectivity index (χ1) is 18.0. The molecule has 0 spiro atoms. The van der Waals surface area contributed by atoms with Gasteiger partial charge in [-0.15, -0.1) is 0 Å². The van der Waals surface area contributed by atoms with Crippen molar-refractivity contribution in [3.8, 4) is 0 Å². The van der Waals surface area contributed by atoms with Gasteiger partial charge in [0.15, 0.2) is 0 Å². The molecule has 1 aromatic carbocycles. The van der Waals surface area contributed by atoms with Crippen molar-refractivity contribution in [2.75, 3.05) is 19.6 Å². The van der Waals surface area contributed by atoms with Crippen LogP contribution in [0.1, 0.15) is 45.6 Å². The molecule has 1 aliphatic carbocycles. The number of nitrogens with zero attached hydrogens (tertiary/aromatic N) is 3. The van der Waals surface area contributed by atoms with E-state index in [0.717, 1.165) is 0 Å². The van der Waals surface area contributed by atoms with Gasteiger partial charge in [-0.1, -0.05) is 6.07 Å². The highest BCUT2D eigenvalue weighted by Crippen LogP contribution is 2.40. The molecule has 0 unspecified atom stereocenters. The van der Waals surface area contributed by atoms with Crippen LogP contribution in [0.15, 0.2) is 23.0 Å². The number of piperazine rings is 1. The Labute approximate surface area is 217 Å². The molecular formula is C24H24F6N4O5. The molecule has 1 aliphatic heterocycles. The minimum Gasteiger partial charge on any atom is -0.475 e. The molecule has 2 amide bonds. The lowest BCUT2D eigenvalue weighted by Crippen LogP contribution is -2.60. The number of aliphatic carboxylic acids is 1. The molecule has 2 N–H and O–H groups in total. The van der Waals surface area contributed by atoms with Crippen molar-refractivity contribution in [2.45, 2.75) is 51.3 Å². The van der Waals surface area contributed by atoms with E-state index in [1.54, 1.807) is 13.8 Å². The fourth-order valence-corrected chi connectivity index (χ4v) is 4.15. The molecule has 39 heavy (non-hydrogen) atoms. The van der Waals surface area contributed by atoms with Crippen LogP contribution in [-0.4, -0.2) is 80.7 Å². The summed E-state index contributed by atoms with van der Waals surface area (Å²) in [5.41, 5.74) is 2.03. The van der Waals surface area contributed by atoms with Gasteiger partial charge in [0.25, 0.3) is 17.4 Å². The Kier molecular flexibility index (Phi) is 8.41. The molecule has 2 aliphatic rings. The Morgan fingerprint density at radius 2 is 1.74 bits per heavy atom. The average molecular weight is 562 g/mol. The van der Waals surface area contributed by atoms with Gasteiger partial charge in [0.2, 0.25) is 5.91 Å². The largest absolute Gasteiger partial charge is 0.490 e. The van der Waals surface area contributed by atoms with Gasteiger partial charge < -0.3 is 14.9 Å². The molecule has 9 nitrogen and oxygen atoms in total. The van der Waals surface area contributed by atoms with Crippen molar-refractivity contribution >= 4 is 17.8 Å². The molecule has 212 valence electrons. The number of halogens is 6. The van der Waals surface area contributed by atoms with E-state index >= 15 is 0 Å². The van der Waals surface area contributed by atoms with Crippen LogP contribution in [0.25, 0.3) is 0 Å². The Morgan fingerprint density at radius 3 is 2.28 bits per heavy atom. The van der Waals surface area contributed by atoms with Crippen molar-refractivity contribution in [1.29, 1.82) is 0 Å². The van der Waals surface area contributed by atoms with Crippen LogP contribution in [0, 0.1) is 19.7 Å². The van der Waals surface area contributed by atoms with E-state index in [9.17, 15) is 40.7 Å². The second-order valence-electron chi connectivity index (χ2n) is 9.28. The fraction of sp³-hybridized carbons (Fsp3) is 0.458. The Bertz CT molecular complexity index is 1340. The minimum absolute atomic E-state index is 0.145. The van der Waals surface area contributed by atoms with Crippen LogP contribution >= 0.6 is 0 Å². The number of rotatable bonds is 4. The number of H-pyrrole nitrogens is 1. The first-order valence-corrected chi connectivity index (χ1v) is 11.6. The standard InChI is InChI=1S/C22H23F3N4O3.C2HF3O2/c1-12-13(2)20(31)27-26-18(12)8-14-3-4-17(23)16(7-14)21(32)28-5-6-29(19(30)11-28)15-9-22(24,25)10-15;3-2(4,5)1(6)7/h3-4,7,15H,5-6,8-11H2,1-2H3,(H,27,31);(H,6,7). The smallest absolute Gasteiger partial charge is 0.475 e. The van der Waals surface area contributed by atoms with E-state index in [0.29, 0.717) is 22.4 Å². The number of carboxylic acid groups (broad SMARTS) is 1. The lowest BCUT2D eigenvalue weighted by Gasteiger charge is -2.45. The first-order valence-electron chi connectivity index (χ1n) is 11.6. The maximum atomic E-state index is 14.5. The zero-order chi connectivity index (χ0) is 29.3. The van der Waals surface area contributed by atoms with Crippen LogP contribution in [0.5, 0.6) is 0 Å². The fourth-order valence-electron chi connectivity index (χ4n) is 4.15. The zero-order valence-electron chi connectivity index (χ0n) is 20.7. The first kappa shape index (κ1) is 29.6. The number of carbonyl (C=O) groups is 3. The number of amides is 2. The predicted molar refractivity (Wildman–Crippen MR) is 123 cm³/mol. The Hall–Kier alpha value is -3.91. The molecule has 1 saturated carbocycles. The van der Waals surface area contributed by atoms with Crippen molar-refractivity contribution in [2.24, 2.45) is 0 Å². The summed E-state index contributed by atoms with van der Waals surface area (Å²) in [6.07, 6.45) is -5.52. The van der Waals surface area contributed by atoms with Crippen molar-refractivity contribution in [3.05, 3.63) is 62.3 Å². The number of hydrogen-bond acceptors (Lipinski definition) is 5. The number of nitrogens with one attached hydrogen (secondary N) is 1. The lowest BCUT2D eigenvalue weighted by molar-refractivity contribution is -0.192. The maximum Gasteiger partial charge on any atom is 0.490 e. The third kappa shape index (κ3) is 6.95. The zero-order valence-corrected chi connectivity index (χ0v) is 20.7. The van der Waals surface area contributed by atoms with Gasteiger partial charge in [-0.2, -0.15) is 18.3 Å². The van der Waals surface area contributed by atoms with Gasteiger partial charge in [0, 0.05) is 44.0 Å². The number of aromatic nitrogens is 2. The minimum atomic E-state index is -5.08. The van der Waals surface area contributed by atoms with Gasteiger partial charge >= 0.3 is 12.1 Å². The molecule has 1 saturated heterocycles. The topological polar surface area (TPSA) is 124 Å². The third-order valence-electron chi connectivity index (χ3n) is 6.56. The number of carboxylic acids is 1. The van der Waals surface area contributed by atoms with E-state index in [4.69, 9.17) is 9.90 Å². The number of benzene rings is 1. The van der Waals surface area contributed by atoms with Gasteiger partial charge in [0.05, 0.1) is 11.3 Å². The van der Waals surface area contributed by atoms with E-state index in [-0.39, 0.29) is 50.0 Å². The molecule has 1 aromatic heterocycles. The number of aromatic amines is 1. The van der Waals surface area contributed by atoms with Crippen LogP contribution in [-0.2, 0) is 16.0 Å². The number of carbonyl (C=O) groups excluding carboxylic acids is 2. The molecule has 0 radical (unpaired) electrons. The highest BCUT2D eigenvalue weighted by molar-refractivity contribution is 5.97. The summed E-state index contributed by atoms with van der Waals surface area (Å²) in [5.74, 6) is -7.25. The Morgan fingerprint density at radius 1 is 1.13 bits per heavy atom. The summed E-state index contributed by atoms with van der Waals surface area (Å²) >= 11 is 0. The SMILES string of the molecule is Cc1c(Cc2ccc(F)c(C(=O)N3CCN(C4CC(F)(F)C4)C(=O)C3)c2)n[nH]c(=O)c1C.O=C(O)C(F)(F)F. The van der Waals surface area contributed by atoms with E-state index in [2.05, 4.69) is 10.2 Å². The molecule has 15 heteroatoms. The summed E-state index contributed by atoms with van der Waals surface area (Å²) in [7, 11) is 0. The van der Waals surface area contributed by atoms with E-state index < -0.39 is 41.7 Å². The summed E-state index contributed by atoms with van der Waals surface area (Å²) in [4.78, 5) is 48.6. The second-order valence-corrected chi connectivity index (χ2v) is 9.28. The van der Waals surface area contributed by atoms with Crippen LogP contribution in [0.3, 0.4) is 0 Å². The van der Waals surface area contributed by atoms with E-state index in [1.165, 1.54) is 28.0 Å². The number of hydrogen-bond donors (Lipinski definition) is 2. The van der Waals surface area contributed by atoms with Crippen molar-refractivity contribution in [3.63, 3.8) is 0 Å². The third-order valence-corrected chi connectivity index (χ3v) is 6.56. The molecule has 2 fully saturated rings. The lowest BCUT2D eigenvalue weighted by atomic mass is 9.86. The number of alkyl halides is 5. The van der Waals surface area contributed by atoms with Gasteiger partial charge in [-0.05, 0) is 37.1 Å². The van der Waals surface area contributed by atoms with Gasteiger partial charge in [-0.25, -0.2) is 23.1 Å². The highest BCUT2D eigenvalue weighted by atomic mass is 19.4. The molecule has 0 bridgehead atoms. The molecular weight excluding hydrogens is 538 g/mol. The summed E-state index contributed by atoms with van der Waals surface area (Å²) in [6.45, 7) is 3.47. The normalized spacial score (nSPS) is 17.3. The molecule has 4 rings (SSSR count). The van der Waals surface area contributed by atoms with Gasteiger partial charge in [0.1, 0.15) is 12.4 Å². The summed E-state index contributed by atoms with van der Waals surface area (Å²) in [5, 5.41) is 13.6. The molecule has 0 atom stereocenters. The average Bonchev–Trinajstić information content (AvgIpc) is 2.83. The second kappa shape index (κ2) is 11.1. The molecule has 2 aromatic rings. The Balaban J connectivity index is 0.000000532. The summed E-state index contributed by atoms with van der Waals surface area (Å²) < 4.78 is 72.5. The monoisotopic (exact) mass is 562 g/mol. The maximum absolute atomic E-state index is 14.5. The molecule has 2 heterocycles. The van der Waals surface area contributed by atoms with Crippen molar-refractivity contribution < 1.29 is 45.8 Å².